The van der Waals surface area contributed by atoms with Crippen molar-refractivity contribution in [1.29, 1.82) is 0 Å². The van der Waals surface area contributed by atoms with Crippen molar-refractivity contribution in [2.24, 2.45) is 11.5 Å². The third-order valence-electron chi connectivity index (χ3n) is 3.08. The minimum absolute atomic E-state index is 0. The van der Waals surface area contributed by atoms with Crippen molar-refractivity contribution in [3.8, 4) is 5.75 Å². The molecule has 5 N–H and O–H groups in total. The second-order valence-electron chi connectivity index (χ2n) is 4.87. The first-order valence-corrected chi connectivity index (χ1v) is 7.05. The quantitative estimate of drug-likeness (QED) is 0.680. The molecule has 1 amide bonds. The van der Waals surface area contributed by atoms with Crippen LogP contribution in [0.5, 0.6) is 5.75 Å². The fraction of sp³-hybridized carbons (Fsp3) is 0.250. The summed E-state index contributed by atoms with van der Waals surface area (Å²) in [4.78, 5) is 16.2. The van der Waals surface area contributed by atoms with Gasteiger partial charge in [0.1, 0.15) is 12.4 Å². The summed E-state index contributed by atoms with van der Waals surface area (Å²) in [5, 5.41) is 2.80. The van der Waals surface area contributed by atoms with Gasteiger partial charge in [-0.15, -0.1) is 37.2 Å². The Bertz CT molecular complexity index is 643. The molecule has 6 nitrogen and oxygen atoms in total. The number of anilines is 1. The summed E-state index contributed by atoms with van der Waals surface area (Å²) in [6.07, 6.45) is 3.23. The Morgan fingerprint density at radius 2 is 1.84 bits per heavy atom. The van der Waals surface area contributed by atoms with Crippen molar-refractivity contribution in [2.45, 2.75) is 13.0 Å². The smallest absolute Gasteiger partial charge is 0.255 e. The first kappa shape index (κ1) is 25.7. The lowest BCUT2D eigenvalue weighted by atomic mass is 10.0. The van der Waals surface area contributed by atoms with Crippen LogP contribution in [0.15, 0.2) is 42.7 Å². The van der Waals surface area contributed by atoms with Gasteiger partial charge in [-0.25, -0.2) is 0 Å². The molecular weight excluding hydrogens is 387 g/mol. The lowest BCUT2D eigenvalue weighted by Gasteiger charge is -2.15. The standard InChI is InChI=1S/C16H20N4O2.3ClH/c1-11(18)14-3-2-12(10-15(14)22-9-6-17)16(21)20-13-4-7-19-8-5-13;;;/h2-5,7-8,10-11H,6,9,17-18H2,1H3,(H,19,20,21);3*1H. The van der Waals surface area contributed by atoms with Crippen molar-refractivity contribution in [3.05, 3.63) is 53.9 Å². The normalized spacial score (nSPS) is 10.4. The van der Waals surface area contributed by atoms with E-state index in [2.05, 4.69) is 10.3 Å². The van der Waals surface area contributed by atoms with Gasteiger partial charge in [-0.05, 0) is 31.2 Å². The monoisotopic (exact) mass is 408 g/mol. The summed E-state index contributed by atoms with van der Waals surface area (Å²) in [5.74, 6) is 0.364. The lowest BCUT2D eigenvalue weighted by Crippen LogP contribution is -2.16. The minimum Gasteiger partial charge on any atom is -0.492 e. The molecule has 0 saturated carbocycles. The van der Waals surface area contributed by atoms with E-state index in [1.807, 2.05) is 6.92 Å². The van der Waals surface area contributed by atoms with Gasteiger partial charge in [-0.3, -0.25) is 9.78 Å². The molecule has 2 aromatic rings. The Labute approximate surface area is 165 Å². The third kappa shape index (κ3) is 7.46. The molecule has 9 heteroatoms. The van der Waals surface area contributed by atoms with Crippen molar-refractivity contribution in [1.82, 2.24) is 4.98 Å². The molecule has 0 fully saturated rings. The Morgan fingerprint density at radius 3 is 2.40 bits per heavy atom. The van der Waals surface area contributed by atoms with Crippen LogP contribution < -0.4 is 21.5 Å². The Morgan fingerprint density at radius 1 is 1.20 bits per heavy atom. The maximum atomic E-state index is 12.3. The highest BCUT2D eigenvalue weighted by Gasteiger charge is 2.13. The van der Waals surface area contributed by atoms with Crippen LogP contribution in [0.2, 0.25) is 0 Å². The lowest BCUT2D eigenvalue weighted by molar-refractivity contribution is 0.102. The van der Waals surface area contributed by atoms with Crippen LogP contribution in [0.4, 0.5) is 5.69 Å². The predicted octanol–water partition coefficient (Wildman–Crippen LogP) is 2.96. The number of benzene rings is 1. The molecule has 1 aromatic carbocycles. The average Bonchev–Trinajstić information content (AvgIpc) is 2.53. The van der Waals surface area contributed by atoms with E-state index in [-0.39, 0.29) is 49.2 Å². The van der Waals surface area contributed by atoms with Crippen molar-refractivity contribution >= 4 is 48.8 Å². The Kier molecular flexibility index (Phi) is 13.1. The number of rotatable bonds is 6. The van der Waals surface area contributed by atoms with E-state index < -0.39 is 0 Å². The number of nitrogens with two attached hydrogens (primary N) is 2. The first-order valence-electron chi connectivity index (χ1n) is 7.05. The number of aromatic nitrogens is 1. The molecule has 0 spiro atoms. The van der Waals surface area contributed by atoms with E-state index in [0.29, 0.717) is 30.2 Å². The summed E-state index contributed by atoms with van der Waals surface area (Å²) in [6.45, 7) is 2.63. The van der Waals surface area contributed by atoms with Gasteiger partial charge in [0, 0.05) is 41.8 Å². The number of amides is 1. The summed E-state index contributed by atoms with van der Waals surface area (Å²) >= 11 is 0. The number of hydrogen-bond acceptors (Lipinski definition) is 5. The number of nitrogens with zero attached hydrogens (tertiary/aromatic N) is 1. The molecule has 0 aliphatic carbocycles. The highest BCUT2D eigenvalue weighted by Crippen LogP contribution is 2.25. The number of pyridine rings is 1. The molecule has 0 aliphatic heterocycles. The predicted molar refractivity (Wildman–Crippen MR) is 108 cm³/mol. The number of hydrogen-bond donors (Lipinski definition) is 3. The highest BCUT2D eigenvalue weighted by atomic mass is 35.5. The maximum absolute atomic E-state index is 12.3. The van der Waals surface area contributed by atoms with Crippen LogP contribution in [0, 0.1) is 0 Å². The number of carbonyl (C=O) groups excluding carboxylic acids is 1. The minimum atomic E-state index is -0.222. The summed E-state index contributed by atoms with van der Waals surface area (Å²) in [5.41, 5.74) is 13.4. The van der Waals surface area contributed by atoms with E-state index in [4.69, 9.17) is 16.2 Å². The Balaban J connectivity index is 0. The summed E-state index contributed by atoms with van der Waals surface area (Å²) in [7, 11) is 0. The molecule has 1 aromatic heterocycles. The zero-order valence-electron chi connectivity index (χ0n) is 13.7. The van der Waals surface area contributed by atoms with E-state index in [0.717, 1.165) is 5.56 Å². The first-order chi connectivity index (χ1) is 10.6. The Hall–Kier alpha value is -1.57. The van der Waals surface area contributed by atoms with Gasteiger partial charge in [0.25, 0.3) is 5.91 Å². The fourth-order valence-electron chi connectivity index (χ4n) is 1.98. The number of halogens is 3. The van der Waals surface area contributed by atoms with Gasteiger partial charge in [0.05, 0.1) is 0 Å². The van der Waals surface area contributed by atoms with Crippen LogP contribution in [0.3, 0.4) is 0 Å². The van der Waals surface area contributed by atoms with Crippen LogP contribution in [-0.2, 0) is 0 Å². The maximum Gasteiger partial charge on any atom is 0.255 e. The zero-order valence-corrected chi connectivity index (χ0v) is 16.1. The largest absolute Gasteiger partial charge is 0.492 e. The van der Waals surface area contributed by atoms with E-state index in [9.17, 15) is 4.79 Å². The molecule has 0 bridgehead atoms. The van der Waals surface area contributed by atoms with Gasteiger partial charge in [0.15, 0.2) is 0 Å². The third-order valence-corrected chi connectivity index (χ3v) is 3.08. The van der Waals surface area contributed by atoms with Crippen LogP contribution >= 0.6 is 37.2 Å². The average molecular weight is 410 g/mol. The van der Waals surface area contributed by atoms with Gasteiger partial charge in [0.2, 0.25) is 0 Å². The van der Waals surface area contributed by atoms with E-state index in [1.54, 1.807) is 42.7 Å². The molecule has 2 rings (SSSR count). The molecule has 25 heavy (non-hydrogen) atoms. The molecule has 1 unspecified atom stereocenters. The second kappa shape index (κ2) is 12.7. The topological polar surface area (TPSA) is 103 Å². The summed E-state index contributed by atoms with van der Waals surface area (Å²) < 4.78 is 5.59. The SMILES string of the molecule is CC(N)c1ccc(C(=O)Nc2ccncc2)cc1OCCN.Cl.Cl.Cl. The molecule has 0 saturated heterocycles. The number of ether oxygens (including phenoxy) is 1. The molecule has 1 heterocycles. The molecule has 140 valence electrons. The van der Waals surface area contributed by atoms with Gasteiger partial charge in [-0.2, -0.15) is 0 Å². The van der Waals surface area contributed by atoms with Crippen LogP contribution in [-0.4, -0.2) is 24.0 Å². The fourth-order valence-corrected chi connectivity index (χ4v) is 1.98. The second-order valence-corrected chi connectivity index (χ2v) is 4.87. The van der Waals surface area contributed by atoms with E-state index >= 15 is 0 Å². The number of nitrogens with one attached hydrogen (secondary N) is 1. The summed E-state index contributed by atoms with van der Waals surface area (Å²) in [6, 6.07) is 8.47. The molecule has 0 aliphatic rings. The number of carbonyl (C=O) groups is 1. The molecule has 1 atom stereocenters. The highest BCUT2D eigenvalue weighted by molar-refractivity contribution is 6.04. The van der Waals surface area contributed by atoms with Crippen LogP contribution in [0.25, 0.3) is 0 Å². The van der Waals surface area contributed by atoms with Gasteiger partial charge >= 0.3 is 0 Å². The van der Waals surface area contributed by atoms with Crippen molar-refractivity contribution < 1.29 is 9.53 Å². The molecule has 0 radical (unpaired) electrons. The van der Waals surface area contributed by atoms with Gasteiger partial charge < -0.3 is 21.5 Å². The van der Waals surface area contributed by atoms with Crippen molar-refractivity contribution in [2.75, 3.05) is 18.5 Å². The molecular formula is C16H23Cl3N4O2. The zero-order chi connectivity index (χ0) is 15.9. The van der Waals surface area contributed by atoms with Gasteiger partial charge in [-0.1, -0.05) is 6.07 Å². The van der Waals surface area contributed by atoms with E-state index in [1.165, 1.54) is 0 Å². The van der Waals surface area contributed by atoms with Crippen molar-refractivity contribution in [3.63, 3.8) is 0 Å². The van der Waals surface area contributed by atoms with Crippen LogP contribution in [0.1, 0.15) is 28.9 Å².